The largest absolute Gasteiger partial charge is 0.323 e. The molecule has 2 heteroatoms. The van der Waals surface area contributed by atoms with Gasteiger partial charge in [0.05, 0.1) is 0 Å². The molecule has 118 valence electrons. The maximum Gasteiger partial charge on any atom is 0.0424 e. The van der Waals surface area contributed by atoms with Crippen LogP contribution < -0.4 is 5.73 Å². The Labute approximate surface area is 130 Å². The summed E-state index contributed by atoms with van der Waals surface area (Å²) in [6, 6.07) is 9.01. The lowest BCUT2D eigenvalue weighted by atomic mass is 9.82. The van der Waals surface area contributed by atoms with Crippen molar-refractivity contribution in [3.8, 4) is 0 Å². The average molecular weight is 288 g/mol. The third kappa shape index (κ3) is 3.87. The summed E-state index contributed by atoms with van der Waals surface area (Å²) in [7, 11) is 0. The minimum absolute atomic E-state index is 0.135. The minimum Gasteiger partial charge on any atom is -0.323 e. The van der Waals surface area contributed by atoms with Crippen molar-refractivity contribution in [3.05, 3.63) is 35.4 Å². The van der Waals surface area contributed by atoms with Gasteiger partial charge in [-0.1, -0.05) is 52.0 Å². The molecule has 1 aliphatic rings. The molecule has 0 bridgehead atoms. The Morgan fingerprint density at radius 3 is 2.14 bits per heavy atom. The number of benzene rings is 1. The van der Waals surface area contributed by atoms with Gasteiger partial charge in [0, 0.05) is 19.1 Å². The Bertz CT molecular complexity index is 431. The van der Waals surface area contributed by atoms with E-state index < -0.39 is 0 Å². The van der Waals surface area contributed by atoms with E-state index >= 15 is 0 Å². The van der Waals surface area contributed by atoms with Crippen LogP contribution in [0.15, 0.2) is 24.3 Å². The van der Waals surface area contributed by atoms with Gasteiger partial charge < -0.3 is 10.6 Å². The number of nitrogens with zero attached hydrogens (tertiary/aromatic N) is 1. The molecule has 1 aliphatic heterocycles. The highest BCUT2D eigenvalue weighted by Crippen LogP contribution is 2.37. The highest BCUT2D eigenvalue weighted by molar-refractivity contribution is 5.26. The van der Waals surface area contributed by atoms with E-state index in [0.717, 1.165) is 6.54 Å². The van der Waals surface area contributed by atoms with E-state index in [4.69, 9.17) is 5.73 Å². The lowest BCUT2D eigenvalue weighted by Crippen LogP contribution is -2.32. The van der Waals surface area contributed by atoms with Crippen LogP contribution in [0.1, 0.15) is 70.0 Å². The monoisotopic (exact) mass is 288 g/mol. The Morgan fingerprint density at radius 2 is 1.67 bits per heavy atom. The van der Waals surface area contributed by atoms with Gasteiger partial charge in [-0.2, -0.15) is 0 Å². The van der Waals surface area contributed by atoms with Gasteiger partial charge in [-0.25, -0.2) is 0 Å². The highest BCUT2D eigenvalue weighted by atomic mass is 15.2. The summed E-state index contributed by atoms with van der Waals surface area (Å²) in [4.78, 5) is 2.56. The third-order valence-electron chi connectivity index (χ3n) is 5.50. The molecular weight excluding hydrogens is 256 g/mol. The van der Waals surface area contributed by atoms with Crippen LogP contribution in [0.3, 0.4) is 0 Å². The van der Waals surface area contributed by atoms with Crippen LogP contribution in [-0.4, -0.2) is 24.5 Å². The zero-order valence-corrected chi connectivity index (χ0v) is 14.2. The highest BCUT2D eigenvalue weighted by Gasteiger charge is 2.35. The van der Waals surface area contributed by atoms with Gasteiger partial charge >= 0.3 is 0 Å². The summed E-state index contributed by atoms with van der Waals surface area (Å²) < 4.78 is 0. The Balaban J connectivity index is 1.94. The quantitative estimate of drug-likeness (QED) is 0.844. The van der Waals surface area contributed by atoms with Crippen molar-refractivity contribution in [2.45, 2.75) is 58.9 Å². The van der Waals surface area contributed by atoms with E-state index in [0.29, 0.717) is 11.3 Å². The summed E-state index contributed by atoms with van der Waals surface area (Å²) in [5.41, 5.74) is 9.63. The SMILES string of the molecule is CCC1(CC)CCN(CC(N)c2ccc(C(C)C)cc2)C1. The molecule has 2 rings (SSSR count). The van der Waals surface area contributed by atoms with Crippen molar-refractivity contribution in [2.24, 2.45) is 11.1 Å². The van der Waals surface area contributed by atoms with E-state index in [1.165, 1.54) is 43.5 Å². The predicted octanol–water partition coefficient (Wildman–Crippen LogP) is 4.32. The molecule has 1 heterocycles. The third-order valence-corrected chi connectivity index (χ3v) is 5.50. The lowest BCUT2D eigenvalue weighted by Gasteiger charge is -2.27. The van der Waals surface area contributed by atoms with Crippen molar-refractivity contribution >= 4 is 0 Å². The molecule has 1 unspecified atom stereocenters. The summed E-state index contributed by atoms with van der Waals surface area (Å²) in [5, 5.41) is 0. The number of rotatable bonds is 6. The van der Waals surface area contributed by atoms with E-state index in [9.17, 15) is 0 Å². The molecule has 21 heavy (non-hydrogen) atoms. The molecule has 1 aromatic carbocycles. The van der Waals surface area contributed by atoms with Crippen molar-refractivity contribution in [3.63, 3.8) is 0 Å². The van der Waals surface area contributed by atoms with Crippen LogP contribution >= 0.6 is 0 Å². The van der Waals surface area contributed by atoms with Crippen molar-refractivity contribution in [1.82, 2.24) is 4.90 Å². The molecular formula is C19H32N2. The summed E-state index contributed by atoms with van der Waals surface area (Å²) in [6.07, 6.45) is 3.91. The van der Waals surface area contributed by atoms with Gasteiger partial charge in [0.15, 0.2) is 0 Å². The summed E-state index contributed by atoms with van der Waals surface area (Å²) >= 11 is 0. The first-order valence-electron chi connectivity index (χ1n) is 8.57. The summed E-state index contributed by atoms with van der Waals surface area (Å²) in [6.45, 7) is 12.5. The van der Waals surface area contributed by atoms with Crippen molar-refractivity contribution < 1.29 is 0 Å². The normalized spacial score (nSPS) is 20.1. The molecule has 0 spiro atoms. The molecule has 1 aromatic rings. The molecule has 0 saturated carbocycles. The fraction of sp³-hybridized carbons (Fsp3) is 0.684. The topological polar surface area (TPSA) is 29.3 Å². The Hall–Kier alpha value is -0.860. The van der Waals surface area contributed by atoms with Crippen LogP contribution in [0.5, 0.6) is 0 Å². The minimum atomic E-state index is 0.135. The van der Waals surface area contributed by atoms with E-state index in [1.807, 2.05) is 0 Å². The van der Waals surface area contributed by atoms with Crippen LogP contribution in [0.25, 0.3) is 0 Å². The van der Waals surface area contributed by atoms with Crippen LogP contribution in [0.2, 0.25) is 0 Å². The Morgan fingerprint density at radius 1 is 1.10 bits per heavy atom. The average Bonchev–Trinajstić information content (AvgIpc) is 2.91. The zero-order chi connectivity index (χ0) is 15.5. The first-order valence-corrected chi connectivity index (χ1v) is 8.57. The lowest BCUT2D eigenvalue weighted by molar-refractivity contribution is 0.233. The molecule has 0 aliphatic carbocycles. The van der Waals surface area contributed by atoms with Crippen molar-refractivity contribution in [2.75, 3.05) is 19.6 Å². The fourth-order valence-electron chi connectivity index (χ4n) is 3.52. The first kappa shape index (κ1) is 16.5. The van der Waals surface area contributed by atoms with Gasteiger partial charge in [-0.15, -0.1) is 0 Å². The molecule has 1 atom stereocenters. The second-order valence-corrected chi connectivity index (χ2v) is 7.12. The maximum atomic E-state index is 6.43. The van der Waals surface area contributed by atoms with E-state index in [2.05, 4.69) is 56.9 Å². The molecule has 2 N–H and O–H groups in total. The number of likely N-dealkylation sites (tertiary alicyclic amines) is 1. The van der Waals surface area contributed by atoms with Gasteiger partial charge in [0.2, 0.25) is 0 Å². The van der Waals surface area contributed by atoms with Crippen LogP contribution in [0.4, 0.5) is 0 Å². The van der Waals surface area contributed by atoms with Gasteiger partial charge in [-0.05, 0) is 48.3 Å². The second kappa shape index (κ2) is 6.93. The van der Waals surface area contributed by atoms with Gasteiger partial charge in [0.1, 0.15) is 0 Å². The van der Waals surface area contributed by atoms with E-state index in [1.54, 1.807) is 0 Å². The molecule has 2 nitrogen and oxygen atoms in total. The molecule has 1 fully saturated rings. The predicted molar refractivity (Wildman–Crippen MR) is 91.5 cm³/mol. The van der Waals surface area contributed by atoms with Gasteiger partial charge in [-0.3, -0.25) is 0 Å². The van der Waals surface area contributed by atoms with E-state index in [-0.39, 0.29) is 6.04 Å². The maximum absolute atomic E-state index is 6.43. The number of hydrogen-bond donors (Lipinski definition) is 1. The fourth-order valence-corrected chi connectivity index (χ4v) is 3.52. The molecule has 1 saturated heterocycles. The second-order valence-electron chi connectivity index (χ2n) is 7.12. The molecule has 0 amide bonds. The Kier molecular flexibility index (Phi) is 5.45. The molecule has 0 radical (unpaired) electrons. The zero-order valence-electron chi connectivity index (χ0n) is 14.2. The standard InChI is InChI=1S/C19H32N2/c1-5-19(6-2)11-12-21(14-19)13-18(20)17-9-7-16(8-10-17)15(3)4/h7-10,15,18H,5-6,11-14,20H2,1-4H3. The van der Waals surface area contributed by atoms with Crippen LogP contribution in [-0.2, 0) is 0 Å². The van der Waals surface area contributed by atoms with Crippen LogP contribution in [0, 0.1) is 5.41 Å². The molecule has 0 aromatic heterocycles. The smallest absolute Gasteiger partial charge is 0.0424 e. The van der Waals surface area contributed by atoms with Gasteiger partial charge in [0.25, 0.3) is 0 Å². The number of hydrogen-bond acceptors (Lipinski definition) is 2. The number of nitrogens with two attached hydrogens (primary N) is 1. The summed E-state index contributed by atoms with van der Waals surface area (Å²) in [5.74, 6) is 0.587. The first-order chi connectivity index (χ1) is 9.99. The van der Waals surface area contributed by atoms with Crippen molar-refractivity contribution in [1.29, 1.82) is 0 Å².